The van der Waals surface area contributed by atoms with Gasteiger partial charge >= 0.3 is 5.97 Å². The molecule has 1 aromatic carbocycles. The number of carbonyl (C=O) groups is 1. The number of pyridine rings is 1. The highest BCUT2D eigenvalue weighted by Crippen LogP contribution is 2.22. The number of esters is 1. The predicted molar refractivity (Wildman–Crippen MR) is 59.5 cm³/mol. The fourth-order valence-electron chi connectivity index (χ4n) is 1.13. The summed E-state index contributed by atoms with van der Waals surface area (Å²) in [4.78, 5) is 15.3. The van der Waals surface area contributed by atoms with Crippen molar-refractivity contribution in [1.82, 2.24) is 4.98 Å². The van der Waals surface area contributed by atoms with E-state index in [0.29, 0.717) is 5.56 Å². The van der Waals surface area contributed by atoms with Gasteiger partial charge in [0.05, 0.1) is 18.0 Å². The van der Waals surface area contributed by atoms with Crippen molar-refractivity contribution in [2.45, 2.75) is 0 Å². The van der Waals surface area contributed by atoms with Crippen molar-refractivity contribution in [2.75, 3.05) is 0 Å². The average Bonchev–Trinajstić information content (AvgIpc) is 2.33. The monoisotopic (exact) mass is 232 g/mol. The van der Waals surface area contributed by atoms with Crippen LogP contribution in [-0.4, -0.2) is 11.0 Å². The number of benzene rings is 1. The Labute approximate surface area is 97.7 Å². The number of hydrogen-bond acceptors (Lipinski definition) is 3. The minimum atomic E-state index is -0.456. The van der Waals surface area contributed by atoms with E-state index >= 15 is 0 Å². The van der Waals surface area contributed by atoms with Gasteiger partial charge in [0.2, 0.25) is 0 Å². The van der Waals surface area contributed by atoms with Gasteiger partial charge in [-0.15, -0.1) is 0 Å². The molecule has 0 atom stereocenters. The summed E-state index contributed by atoms with van der Waals surface area (Å²) >= 11 is 5.80. The lowest BCUT2D eigenvalue weighted by Crippen LogP contribution is -2.08. The number of aromatic nitrogens is 1. The van der Waals surface area contributed by atoms with Crippen LogP contribution in [0.2, 0.25) is 5.02 Å². The lowest BCUT2D eigenvalue weighted by molar-refractivity contribution is 0.0734. The summed E-state index contributed by atoms with van der Waals surface area (Å²) in [6.07, 6.45) is 3.92. The summed E-state index contributed by atoms with van der Waals surface area (Å²) in [5.74, 6) is -0.201. The summed E-state index contributed by atoms with van der Waals surface area (Å²) in [5.41, 5.74) is 0.468. The zero-order valence-electron chi connectivity index (χ0n) is 8.18. The van der Waals surface area contributed by atoms with Gasteiger partial charge < -0.3 is 4.74 Å². The van der Waals surface area contributed by atoms with E-state index in [2.05, 4.69) is 11.2 Å². The van der Waals surface area contributed by atoms with Gasteiger partial charge in [-0.2, -0.15) is 0 Å². The average molecular weight is 233 g/mol. The first-order valence-corrected chi connectivity index (χ1v) is 4.94. The highest BCUT2D eigenvalue weighted by Gasteiger charge is 2.09. The molecule has 0 saturated heterocycles. The SMILES string of the molecule is O=C(Oc1c[c]ncc1Cl)c1ccccc1. The fraction of sp³-hybridized carbons (Fsp3) is 0. The molecule has 4 heteroatoms. The van der Waals surface area contributed by atoms with Crippen LogP contribution < -0.4 is 4.74 Å². The highest BCUT2D eigenvalue weighted by atomic mass is 35.5. The van der Waals surface area contributed by atoms with Crippen molar-refractivity contribution in [3.63, 3.8) is 0 Å². The van der Waals surface area contributed by atoms with Gasteiger partial charge in [-0.05, 0) is 12.1 Å². The Morgan fingerprint density at radius 3 is 2.75 bits per heavy atom. The molecule has 1 radical (unpaired) electrons. The Hall–Kier alpha value is -1.87. The summed E-state index contributed by atoms with van der Waals surface area (Å²) in [6, 6.07) is 10.1. The zero-order valence-corrected chi connectivity index (χ0v) is 8.94. The highest BCUT2D eigenvalue weighted by molar-refractivity contribution is 6.32. The van der Waals surface area contributed by atoms with Gasteiger partial charge in [-0.3, -0.25) is 4.98 Å². The summed E-state index contributed by atoms with van der Waals surface area (Å²) in [6.45, 7) is 0. The molecule has 0 N–H and O–H groups in total. The third kappa shape index (κ3) is 2.38. The van der Waals surface area contributed by atoms with Gasteiger partial charge in [0.1, 0.15) is 5.02 Å². The van der Waals surface area contributed by atoms with Crippen LogP contribution in [0.5, 0.6) is 5.75 Å². The molecule has 0 aliphatic heterocycles. The van der Waals surface area contributed by atoms with Crippen LogP contribution in [0.25, 0.3) is 0 Å². The van der Waals surface area contributed by atoms with Gasteiger partial charge in [0.15, 0.2) is 5.75 Å². The van der Waals surface area contributed by atoms with Crippen LogP contribution in [0, 0.1) is 6.20 Å². The first kappa shape index (κ1) is 10.6. The summed E-state index contributed by atoms with van der Waals surface area (Å²) in [7, 11) is 0. The smallest absolute Gasteiger partial charge is 0.343 e. The Kier molecular flexibility index (Phi) is 3.17. The Bertz CT molecular complexity index is 499. The molecule has 1 aromatic heterocycles. The molecule has 2 aromatic rings. The number of hydrogen-bond donors (Lipinski definition) is 0. The van der Waals surface area contributed by atoms with E-state index < -0.39 is 5.97 Å². The van der Waals surface area contributed by atoms with E-state index in [1.165, 1.54) is 12.3 Å². The van der Waals surface area contributed by atoms with Crippen molar-refractivity contribution in [2.24, 2.45) is 0 Å². The molecule has 16 heavy (non-hydrogen) atoms. The van der Waals surface area contributed by atoms with E-state index in [9.17, 15) is 4.79 Å². The maximum Gasteiger partial charge on any atom is 0.343 e. The second-order valence-corrected chi connectivity index (χ2v) is 3.41. The molecule has 1 heterocycles. The standard InChI is InChI=1S/C12H7ClNO2/c13-10-8-14-7-6-11(10)16-12(15)9-4-2-1-3-5-9/h1-6,8H. The molecule has 0 saturated carbocycles. The van der Waals surface area contributed by atoms with Crippen LogP contribution >= 0.6 is 11.6 Å². The third-order valence-corrected chi connectivity index (χ3v) is 2.18. The lowest BCUT2D eigenvalue weighted by Gasteiger charge is -2.04. The molecule has 0 bridgehead atoms. The molecule has 79 valence electrons. The van der Waals surface area contributed by atoms with Gasteiger partial charge in [0, 0.05) is 6.07 Å². The van der Waals surface area contributed by atoms with Crippen molar-refractivity contribution in [3.05, 3.63) is 59.4 Å². The molecule has 0 fully saturated rings. The van der Waals surface area contributed by atoms with Crippen molar-refractivity contribution >= 4 is 17.6 Å². The normalized spacial score (nSPS) is 9.81. The van der Waals surface area contributed by atoms with Gasteiger partial charge in [-0.1, -0.05) is 29.8 Å². The minimum absolute atomic E-state index is 0.255. The Morgan fingerprint density at radius 1 is 1.31 bits per heavy atom. The number of ether oxygens (including phenoxy) is 1. The molecular formula is C12H7ClNO2. The molecule has 2 rings (SSSR count). The van der Waals surface area contributed by atoms with Crippen molar-refractivity contribution in [1.29, 1.82) is 0 Å². The topological polar surface area (TPSA) is 39.2 Å². The van der Waals surface area contributed by atoms with Crippen LogP contribution in [0.1, 0.15) is 10.4 Å². The Morgan fingerprint density at radius 2 is 2.06 bits per heavy atom. The van der Waals surface area contributed by atoms with E-state index in [4.69, 9.17) is 16.3 Å². The molecule has 0 unspecified atom stereocenters. The number of carbonyl (C=O) groups excluding carboxylic acids is 1. The largest absolute Gasteiger partial charge is 0.421 e. The third-order valence-electron chi connectivity index (χ3n) is 1.90. The lowest BCUT2D eigenvalue weighted by atomic mass is 10.2. The fourth-order valence-corrected chi connectivity index (χ4v) is 1.28. The van der Waals surface area contributed by atoms with Crippen LogP contribution in [0.4, 0.5) is 0 Å². The van der Waals surface area contributed by atoms with Gasteiger partial charge in [0.25, 0.3) is 0 Å². The molecular weight excluding hydrogens is 226 g/mol. The van der Waals surface area contributed by atoms with Crippen molar-refractivity contribution in [3.8, 4) is 5.75 Å². The number of nitrogens with zero attached hydrogens (tertiary/aromatic N) is 1. The van der Waals surface area contributed by atoms with Crippen molar-refractivity contribution < 1.29 is 9.53 Å². The molecule has 0 aliphatic carbocycles. The van der Waals surface area contributed by atoms with E-state index in [0.717, 1.165) is 0 Å². The van der Waals surface area contributed by atoms with E-state index in [-0.39, 0.29) is 10.8 Å². The van der Waals surface area contributed by atoms with Gasteiger partial charge in [-0.25, -0.2) is 4.79 Å². The molecule has 3 nitrogen and oxygen atoms in total. The second-order valence-electron chi connectivity index (χ2n) is 3.00. The quantitative estimate of drug-likeness (QED) is 0.748. The zero-order chi connectivity index (χ0) is 11.4. The van der Waals surface area contributed by atoms with Crippen LogP contribution in [0.3, 0.4) is 0 Å². The summed E-state index contributed by atoms with van der Waals surface area (Å²) in [5, 5.41) is 0.281. The molecule has 0 spiro atoms. The first-order chi connectivity index (χ1) is 7.77. The maximum atomic E-state index is 11.7. The van der Waals surface area contributed by atoms with Crippen LogP contribution in [-0.2, 0) is 0 Å². The molecule has 0 aliphatic rings. The van der Waals surface area contributed by atoms with E-state index in [1.54, 1.807) is 24.3 Å². The minimum Gasteiger partial charge on any atom is -0.421 e. The summed E-state index contributed by atoms with van der Waals surface area (Å²) < 4.78 is 5.09. The number of halogens is 1. The first-order valence-electron chi connectivity index (χ1n) is 4.56. The molecule has 0 amide bonds. The number of rotatable bonds is 2. The predicted octanol–water partition coefficient (Wildman–Crippen LogP) is 2.75. The Balaban J connectivity index is 2.18. The maximum absolute atomic E-state index is 11.7. The van der Waals surface area contributed by atoms with E-state index in [1.807, 2.05) is 6.07 Å². The second kappa shape index (κ2) is 4.77. The van der Waals surface area contributed by atoms with Crippen LogP contribution in [0.15, 0.2) is 42.6 Å².